The second kappa shape index (κ2) is 5.06. The molecule has 1 aromatic carbocycles. The molecule has 6 nitrogen and oxygen atoms in total. The van der Waals surface area contributed by atoms with Crippen molar-refractivity contribution in [1.82, 2.24) is 0 Å². The van der Waals surface area contributed by atoms with Gasteiger partial charge in [-0.2, -0.15) is 10.5 Å². The molecular formula is C10H4ClN3O3. The van der Waals surface area contributed by atoms with Gasteiger partial charge in [-0.15, -0.1) is 0 Å². The van der Waals surface area contributed by atoms with Crippen LogP contribution in [0.25, 0.3) is 0 Å². The summed E-state index contributed by atoms with van der Waals surface area (Å²) in [5, 5.41) is 27.6. The number of non-ortho nitro benzene ring substituents is 1. The van der Waals surface area contributed by atoms with Crippen molar-refractivity contribution in [3.8, 4) is 12.1 Å². The SMILES string of the molecule is N#CC(C#N)C(=O)c1cc(Cl)cc([N+](=O)[O-])c1. The minimum atomic E-state index is -1.49. The number of halogens is 1. The van der Waals surface area contributed by atoms with E-state index < -0.39 is 16.6 Å². The Balaban J connectivity index is 3.25. The van der Waals surface area contributed by atoms with Crippen molar-refractivity contribution in [2.75, 3.05) is 0 Å². The van der Waals surface area contributed by atoms with Crippen molar-refractivity contribution in [3.05, 3.63) is 38.9 Å². The average Bonchev–Trinajstić information content (AvgIpc) is 2.29. The highest BCUT2D eigenvalue weighted by atomic mass is 35.5. The third kappa shape index (κ3) is 2.77. The Morgan fingerprint density at radius 2 is 1.94 bits per heavy atom. The third-order valence-electron chi connectivity index (χ3n) is 1.90. The van der Waals surface area contributed by atoms with Gasteiger partial charge in [-0.1, -0.05) is 11.6 Å². The van der Waals surface area contributed by atoms with Crippen LogP contribution in [0.1, 0.15) is 10.4 Å². The summed E-state index contributed by atoms with van der Waals surface area (Å²) >= 11 is 5.61. The summed E-state index contributed by atoms with van der Waals surface area (Å²) in [5.74, 6) is -2.30. The second-order valence-electron chi connectivity index (χ2n) is 3.01. The number of hydrogen-bond acceptors (Lipinski definition) is 5. The van der Waals surface area contributed by atoms with Crippen molar-refractivity contribution >= 4 is 23.1 Å². The van der Waals surface area contributed by atoms with Crippen molar-refractivity contribution in [2.24, 2.45) is 5.92 Å². The lowest BCUT2D eigenvalue weighted by Crippen LogP contribution is -2.11. The third-order valence-corrected chi connectivity index (χ3v) is 2.12. The first-order valence-electron chi connectivity index (χ1n) is 4.28. The molecule has 0 fully saturated rings. The van der Waals surface area contributed by atoms with Crippen molar-refractivity contribution in [1.29, 1.82) is 10.5 Å². The maximum atomic E-state index is 11.6. The normalized spacial score (nSPS) is 9.41. The molecule has 1 aromatic rings. The molecule has 84 valence electrons. The average molecular weight is 250 g/mol. The molecule has 0 bridgehead atoms. The molecule has 0 aromatic heterocycles. The van der Waals surface area contributed by atoms with E-state index in [0.717, 1.165) is 12.1 Å². The summed E-state index contributed by atoms with van der Waals surface area (Å²) in [6, 6.07) is 6.23. The second-order valence-corrected chi connectivity index (χ2v) is 3.45. The van der Waals surface area contributed by atoms with Crippen molar-refractivity contribution in [2.45, 2.75) is 0 Å². The van der Waals surface area contributed by atoms with Crippen molar-refractivity contribution < 1.29 is 9.72 Å². The Kier molecular flexibility index (Phi) is 3.76. The predicted molar refractivity (Wildman–Crippen MR) is 57.2 cm³/mol. The van der Waals surface area contributed by atoms with Crippen LogP contribution in [-0.2, 0) is 0 Å². The van der Waals surface area contributed by atoms with Gasteiger partial charge in [0.1, 0.15) is 0 Å². The van der Waals surface area contributed by atoms with E-state index in [2.05, 4.69) is 0 Å². The molecule has 0 saturated heterocycles. The van der Waals surface area contributed by atoms with Crippen LogP contribution in [0.2, 0.25) is 5.02 Å². The molecule has 17 heavy (non-hydrogen) atoms. The van der Waals surface area contributed by atoms with E-state index in [1.165, 1.54) is 18.2 Å². The van der Waals surface area contributed by atoms with Crippen LogP contribution in [0, 0.1) is 38.7 Å². The first kappa shape index (κ1) is 12.6. The number of nitro groups is 1. The molecule has 0 aliphatic rings. The van der Waals surface area contributed by atoms with Gasteiger partial charge in [0.05, 0.1) is 17.1 Å². The zero-order chi connectivity index (χ0) is 13.0. The Morgan fingerprint density at radius 1 is 1.35 bits per heavy atom. The van der Waals surface area contributed by atoms with Gasteiger partial charge in [0.25, 0.3) is 5.69 Å². The van der Waals surface area contributed by atoms with Crippen LogP contribution in [-0.4, -0.2) is 10.7 Å². The van der Waals surface area contributed by atoms with Gasteiger partial charge >= 0.3 is 0 Å². The van der Waals surface area contributed by atoms with Gasteiger partial charge in [-0.25, -0.2) is 0 Å². The number of ketones is 1. The maximum absolute atomic E-state index is 11.6. The van der Waals surface area contributed by atoms with Crippen LogP contribution >= 0.6 is 11.6 Å². The molecule has 0 radical (unpaired) electrons. The molecule has 0 N–H and O–H groups in total. The molecule has 1 rings (SSSR count). The standard InChI is InChI=1S/C10H4ClN3O3/c11-8-1-6(2-9(3-8)14(16)17)10(15)7(4-12)5-13/h1-3,7H. The molecular weight excluding hydrogens is 246 g/mol. The number of nitro benzene ring substituents is 1. The number of carbonyl (C=O) groups is 1. The fourth-order valence-electron chi connectivity index (χ4n) is 1.13. The van der Waals surface area contributed by atoms with Gasteiger partial charge in [0.15, 0.2) is 11.7 Å². The van der Waals surface area contributed by atoms with Gasteiger partial charge in [0, 0.05) is 22.7 Å². The monoisotopic (exact) mass is 249 g/mol. The highest BCUT2D eigenvalue weighted by Gasteiger charge is 2.21. The van der Waals surface area contributed by atoms with Crippen molar-refractivity contribution in [3.63, 3.8) is 0 Å². The topological polar surface area (TPSA) is 108 Å². The highest BCUT2D eigenvalue weighted by molar-refractivity contribution is 6.31. The first-order chi connectivity index (χ1) is 7.99. The molecule has 0 amide bonds. The summed E-state index contributed by atoms with van der Waals surface area (Å²) < 4.78 is 0. The van der Waals surface area contributed by atoms with E-state index in [4.69, 9.17) is 22.1 Å². The first-order valence-corrected chi connectivity index (χ1v) is 4.66. The van der Waals surface area contributed by atoms with E-state index in [9.17, 15) is 14.9 Å². The zero-order valence-electron chi connectivity index (χ0n) is 8.25. The van der Waals surface area contributed by atoms with E-state index in [1.807, 2.05) is 0 Å². The Bertz CT molecular complexity index is 557. The van der Waals surface area contributed by atoms with Gasteiger partial charge in [0.2, 0.25) is 0 Å². The molecule has 7 heteroatoms. The smallest absolute Gasteiger partial charge is 0.271 e. The molecule has 0 aliphatic heterocycles. The summed E-state index contributed by atoms with van der Waals surface area (Å²) in [4.78, 5) is 21.4. The maximum Gasteiger partial charge on any atom is 0.271 e. The molecule has 0 saturated carbocycles. The van der Waals surface area contributed by atoms with E-state index >= 15 is 0 Å². The van der Waals surface area contributed by atoms with Gasteiger partial charge in [-0.3, -0.25) is 14.9 Å². The largest absolute Gasteiger partial charge is 0.291 e. The lowest BCUT2D eigenvalue weighted by Gasteiger charge is -2.01. The van der Waals surface area contributed by atoms with Crippen LogP contribution in [0.15, 0.2) is 18.2 Å². The minimum Gasteiger partial charge on any atom is -0.291 e. The predicted octanol–water partition coefficient (Wildman–Crippen LogP) is 2.09. The van der Waals surface area contributed by atoms with Crippen LogP contribution in [0.3, 0.4) is 0 Å². The number of Topliss-reactive ketones (excluding diaryl/α,β-unsaturated/α-hetero) is 1. The van der Waals surface area contributed by atoms with Crippen LogP contribution < -0.4 is 0 Å². The number of carbonyl (C=O) groups excluding carboxylic acids is 1. The molecule has 0 heterocycles. The summed E-state index contributed by atoms with van der Waals surface area (Å²) in [6.07, 6.45) is 0. The van der Waals surface area contributed by atoms with Crippen LogP contribution in [0.4, 0.5) is 5.69 Å². The number of nitriles is 2. The molecule has 0 aliphatic carbocycles. The summed E-state index contributed by atoms with van der Waals surface area (Å²) in [7, 11) is 0. The number of hydrogen-bond donors (Lipinski definition) is 0. The van der Waals surface area contributed by atoms with E-state index in [-0.39, 0.29) is 16.3 Å². The molecule has 0 atom stereocenters. The molecule has 0 spiro atoms. The molecule has 0 unspecified atom stereocenters. The van der Waals surface area contributed by atoms with E-state index in [1.54, 1.807) is 0 Å². The van der Waals surface area contributed by atoms with Gasteiger partial charge < -0.3 is 0 Å². The van der Waals surface area contributed by atoms with Crippen LogP contribution in [0.5, 0.6) is 0 Å². The fourth-order valence-corrected chi connectivity index (χ4v) is 1.36. The summed E-state index contributed by atoms with van der Waals surface area (Å²) in [6.45, 7) is 0. The lowest BCUT2D eigenvalue weighted by atomic mass is 10.00. The quantitative estimate of drug-likeness (QED) is 0.463. The minimum absolute atomic E-state index is 0.00261. The fraction of sp³-hybridized carbons (Fsp3) is 0.100. The Morgan fingerprint density at radius 3 is 2.41 bits per heavy atom. The Labute approximate surface area is 101 Å². The number of benzene rings is 1. The number of rotatable bonds is 3. The zero-order valence-corrected chi connectivity index (χ0v) is 9.01. The Hall–Kier alpha value is -2.44. The highest BCUT2D eigenvalue weighted by Crippen LogP contribution is 2.22. The van der Waals surface area contributed by atoms with Gasteiger partial charge in [-0.05, 0) is 6.07 Å². The summed E-state index contributed by atoms with van der Waals surface area (Å²) in [5.41, 5.74) is -0.493. The lowest BCUT2D eigenvalue weighted by molar-refractivity contribution is -0.384. The van der Waals surface area contributed by atoms with E-state index in [0.29, 0.717) is 0 Å². The number of nitrogens with zero attached hydrogens (tertiary/aromatic N) is 3.